The maximum absolute atomic E-state index is 13.0. The molecule has 6 N–H and O–H groups in total. The Balaban J connectivity index is 2.15. The average molecular weight is 535 g/mol. The van der Waals surface area contributed by atoms with Gasteiger partial charge in [0.05, 0.1) is 24.5 Å². The van der Waals surface area contributed by atoms with Gasteiger partial charge in [0, 0.05) is 12.2 Å². The smallest absolute Gasteiger partial charge is 0.338 e. The summed E-state index contributed by atoms with van der Waals surface area (Å²) in [5.41, 5.74) is 10.1. The van der Waals surface area contributed by atoms with Gasteiger partial charge in [-0.05, 0) is 43.5 Å². The van der Waals surface area contributed by atoms with Crippen molar-refractivity contribution in [2.45, 2.75) is 38.1 Å². The van der Waals surface area contributed by atoms with Gasteiger partial charge in [-0.2, -0.15) is 0 Å². The van der Waals surface area contributed by atoms with Crippen molar-refractivity contribution >= 4 is 39.8 Å². The van der Waals surface area contributed by atoms with Gasteiger partial charge in [0.15, 0.2) is 5.96 Å². The summed E-state index contributed by atoms with van der Waals surface area (Å²) in [7, 11) is -2.94. The number of esters is 1. The van der Waals surface area contributed by atoms with Gasteiger partial charge in [0.25, 0.3) is 5.56 Å². The number of nitrogens with two attached hydrogens (primary N) is 2. The Morgan fingerprint density at radius 3 is 2.54 bits per heavy atom. The molecular formula is C23H30N6O7S. The molecule has 1 unspecified atom stereocenters. The number of carbonyl (C=O) groups excluding carboxylic acids is 3. The van der Waals surface area contributed by atoms with Gasteiger partial charge in [-0.1, -0.05) is 18.2 Å². The summed E-state index contributed by atoms with van der Waals surface area (Å²) in [6.07, 6.45) is 1.30. The third-order valence-corrected chi connectivity index (χ3v) is 6.43. The van der Waals surface area contributed by atoms with Crippen molar-refractivity contribution < 1.29 is 27.5 Å². The first kappa shape index (κ1) is 29.0. The standard InChI is InChI=1S/C23H30N6O7S/c1-15-9-10-19(28-37(34,35)14-16-6-3-4-8-18(16)22(33)36-2)21(32)29(15)12-20(31)27-17(13-30)7-5-11-26-23(24)25/h3-4,6,8-10,13,17,28H,5,7,11-12,14H2,1-2H3,(H,27,31)(H4,24,25,26). The lowest BCUT2D eigenvalue weighted by Gasteiger charge is -2.16. The Kier molecular flexibility index (Phi) is 10.4. The Morgan fingerprint density at radius 2 is 1.89 bits per heavy atom. The Hall–Kier alpha value is -4.20. The molecule has 0 saturated heterocycles. The predicted octanol–water partition coefficient (Wildman–Crippen LogP) is -0.377. The van der Waals surface area contributed by atoms with Crippen LogP contribution < -0.4 is 27.1 Å². The van der Waals surface area contributed by atoms with Crippen LogP contribution in [0.3, 0.4) is 0 Å². The molecule has 2 rings (SSSR count). The number of ether oxygens (including phenoxy) is 1. The van der Waals surface area contributed by atoms with Crippen LogP contribution in [0.2, 0.25) is 0 Å². The van der Waals surface area contributed by atoms with E-state index >= 15 is 0 Å². The van der Waals surface area contributed by atoms with Gasteiger partial charge in [-0.25, -0.2) is 13.2 Å². The summed E-state index contributed by atoms with van der Waals surface area (Å²) in [4.78, 5) is 52.6. The second-order valence-electron chi connectivity index (χ2n) is 8.05. The highest BCUT2D eigenvalue weighted by Crippen LogP contribution is 2.16. The van der Waals surface area contributed by atoms with Gasteiger partial charge in [-0.15, -0.1) is 0 Å². The molecule has 1 heterocycles. The molecule has 200 valence electrons. The molecule has 1 atom stereocenters. The number of aldehydes is 1. The van der Waals surface area contributed by atoms with Crippen molar-refractivity contribution in [2.75, 3.05) is 18.4 Å². The highest BCUT2D eigenvalue weighted by Gasteiger charge is 2.21. The molecule has 1 aromatic carbocycles. The van der Waals surface area contributed by atoms with E-state index in [0.717, 1.165) is 4.57 Å². The molecule has 0 saturated carbocycles. The molecule has 0 radical (unpaired) electrons. The number of rotatable bonds is 13. The SMILES string of the molecule is COC(=O)c1ccccc1CS(=O)(=O)Nc1ccc(C)n(CC(=O)NC(C=O)CCCN=C(N)N)c1=O. The second kappa shape index (κ2) is 13.2. The third kappa shape index (κ3) is 8.75. The first-order chi connectivity index (χ1) is 17.5. The maximum atomic E-state index is 13.0. The van der Waals surface area contributed by atoms with E-state index in [1.54, 1.807) is 19.1 Å². The molecule has 0 fully saturated rings. The average Bonchev–Trinajstić information content (AvgIpc) is 2.84. The highest BCUT2D eigenvalue weighted by atomic mass is 32.2. The van der Waals surface area contributed by atoms with Crippen LogP contribution in [0.5, 0.6) is 0 Å². The molecule has 0 aliphatic carbocycles. The summed E-state index contributed by atoms with van der Waals surface area (Å²) < 4.78 is 33.6. The summed E-state index contributed by atoms with van der Waals surface area (Å²) >= 11 is 0. The van der Waals surface area contributed by atoms with Crippen molar-refractivity contribution in [3.8, 4) is 0 Å². The van der Waals surface area contributed by atoms with Gasteiger partial charge in [0.2, 0.25) is 15.9 Å². The van der Waals surface area contributed by atoms with Gasteiger partial charge >= 0.3 is 5.97 Å². The Bertz CT molecular complexity index is 1330. The van der Waals surface area contributed by atoms with Crippen LogP contribution in [0, 0.1) is 6.92 Å². The summed E-state index contributed by atoms with van der Waals surface area (Å²) in [6, 6.07) is 7.98. The van der Waals surface area contributed by atoms with E-state index in [4.69, 9.17) is 11.5 Å². The van der Waals surface area contributed by atoms with Crippen LogP contribution in [0.15, 0.2) is 46.2 Å². The van der Waals surface area contributed by atoms with Crippen LogP contribution >= 0.6 is 0 Å². The van der Waals surface area contributed by atoms with Crippen LogP contribution in [-0.2, 0) is 36.6 Å². The van der Waals surface area contributed by atoms with E-state index < -0.39 is 45.8 Å². The molecule has 13 nitrogen and oxygen atoms in total. The van der Waals surface area contributed by atoms with Gasteiger partial charge in [0.1, 0.15) is 18.5 Å². The van der Waals surface area contributed by atoms with E-state index in [0.29, 0.717) is 18.4 Å². The molecule has 37 heavy (non-hydrogen) atoms. The monoisotopic (exact) mass is 534 g/mol. The number of aryl methyl sites for hydroxylation is 1. The number of aliphatic imine (C=N–C) groups is 1. The van der Waals surface area contributed by atoms with Crippen LogP contribution in [-0.4, -0.2) is 56.8 Å². The number of nitrogens with zero attached hydrogens (tertiary/aromatic N) is 2. The number of methoxy groups -OCH3 is 1. The number of aromatic nitrogens is 1. The highest BCUT2D eigenvalue weighted by molar-refractivity contribution is 7.91. The summed E-state index contributed by atoms with van der Waals surface area (Å²) in [5.74, 6) is -1.98. The number of carbonyl (C=O) groups is 3. The van der Waals surface area contributed by atoms with Crippen LogP contribution in [0.25, 0.3) is 0 Å². The fourth-order valence-electron chi connectivity index (χ4n) is 3.40. The van der Waals surface area contributed by atoms with Gasteiger partial charge in [-0.3, -0.25) is 19.3 Å². The first-order valence-electron chi connectivity index (χ1n) is 11.1. The minimum atomic E-state index is -4.12. The predicted molar refractivity (Wildman–Crippen MR) is 137 cm³/mol. The fourth-order valence-corrected chi connectivity index (χ4v) is 4.62. The molecule has 0 bridgehead atoms. The minimum absolute atomic E-state index is 0.0790. The minimum Gasteiger partial charge on any atom is -0.465 e. The number of sulfonamides is 1. The van der Waals surface area contributed by atoms with E-state index in [1.807, 2.05) is 0 Å². The van der Waals surface area contributed by atoms with E-state index in [-0.39, 0.29) is 35.7 Å². The maximum Gasteiger partial charge on any atom is 0.338 e. The zero-order chi connectivity index (χ0) is 27.6. The molecule has 0 aliphatic rings. The Morgan fingerprint density at radius 1 is 1.19 bits per heavy atom. The molecular weight excluding hydrogens is 504 g/mol. The molecule has 0 spiro atoms. The lowest BCUT2D eigenvalue weighted by molar-refractivity contribution is -0.124. The quantitative estimate of drug-likeness (QED) is 0.0867. The van der Waals surface area contributed by atoms with E-state index in [2.05, 4.69) is 19.8 Å². The van der Waals surface area contributed by atoms with E-state index in [1.165, 1.54) is 31.4 Å². The first-order valence-corrected chi connectivity index (χ1v) is 12.8. The van der Waals surface area contributed by atoms with Crippen LogP contribution in [0.4, 0.5) is 5.69 Å². The van der Waals surface area contributed by atoms with Crippen molar-refractivity contribution in [3.05, 3.63) is 63.6 Å². The van der Waals surface area contributed by atoms with Gasteiger partial charge < -0.3 is 30.9 Å². The van der Waals surface area contributed by atoms with Crippen molar-refractivity contribution in [3.63, 3.8) is 0 Å². The topological polar surface area (TPSA) is 205 Å². The van der Waals surface area contributed by atoms with Crippen molar-refractivity contribution in [2.24, 2.45) is 16.5 Å². The van der Waals surface area contributed by atoms with Crippen molar-refractivity contribution in [1.82, 2.24) is 9.88 Å². The molecule has 1 aromatic heterocycles. The number of pyridine rings is 1. The van der Waals surface area contributed by atoms with E-state index in [9.17, 15) is 27.6 Å². The van der Waals surface area contributed by atoms with Crippen LogP contribution in [0.1, 0.15) is 34.5 Å². The number of hydrogen-bond donors (Lipinski definition) is 4. The number of nitrogens with one attached hydrogen (secondary N) is 2. The number of amides is 1. The lowest BCUT2D eigenvalue weighted by atomic mass is 10.1. The number of guanidine groups is 1. The normalized spacial score (nSPS) is 11.7. The zero-order valence-electron chi connectivity index (χ0n) is 20.5. The number of benzene rings is 1. The number of hydrogen-bond acceptors (Lipinski definition) is 8. The molecule has 0 aliphatic heterocycles. The van der Waals surface area contributed by atoms with Crippen molar-refractivity contribution in [1.29, 1.82) is 0 Å². The largest absolute Gasteiger partial charge is 0.465 e. The molecule has 1 amide bonds. The lowest BCUT2D eigenvalue weighted by Crippen LogP contribution is -2.40. The third-order valence-electron chi connectivity index (χ3n) is 5.21. The Labute approximate surface area is 213 Å². The summed E-state index contributed by atoms with van der Waals surface area (Å²) in [6.45, 7) is 1.42. The zero-order valence-corrected chi connectivity index (χ0v) is 21.3. The fraction of sp³-hybridized carbons (Fsp3) is 0.348. The second-order valence-corrected chi connectivity index (χ2v) is 9.77. The summed E-state index contributed by atoms with van der Waals surface area (Å²) in [5, 5.41) is 2.52. The molecule has 2 aromatic rings. The molecule has 14 heteroatoms. The number of anilines is 1.